The van der Waals surface area contributed by atoms with Gasteiger partial charge < -0.3 is 4.74 Å². The van der Waals surface area contributed by atoms with Crippen molar-refractivity contribution in [2.45, 2.75) is 58.0 Å². The van der Waals surface area contributed by atoms with Crippen LogP contribution in [0.2, 0.25) is 0 Å². The summed E-state index contributed by atoms with van der Waals surface area (Å²) >= 11 is 0. The molecule has 1 aliphatic carbocycles. The van der Waals surface area contributed by atoms with Gasteiger partial charge in [0.15, 0.2) is 0 Å². The normalized spacial score (nSPS) is 19.4. The molecule has 65 valence electrons. The lowest BCUT2D eigenvalue weighted by Crippen LogP contribution is -2.04. The van der Waals surface area contributed by atoms with Crippen LogP contribution in [0.15, 0.2) is 0 Å². The number of unbranched alkanes of at least 4 members (excludes halogenated alkanes) is 2. The van der Waals surface area contributed by atoms with Crippen molar-refractivity contribution in [2.75, 3.05) is 0 Å². The van der Waals surface area contributed by atoms with E-state index in [0.717, 1.165) is 6.42 Å². The maximum Gasteiger partial charge on any atom is 0.0840 e. The molecule has 0 bridgehead atoms. The Balaban J connectivity index is 1.86. The zero-order valence-electron chi connectivity index (χ0n) is 7.51. The van der Waals surface area contributed by atoms with Crippen molar-refractivity contribution in [1.29, 1.82) is 0 Å². The van der Waals surface area contributed by atoms with Crippen LogP contribution in [0.3, 0.4) is 0 Å². The van der Waals surface area contributed by atoms with E-state index in [2.05, 4.69) is 6.92 Å². The summed E-state index contributed by atoms with van der Waals surface area (Å²) in [5.74, 6) is 0. The van der Waals surface area contributed by atoms with Gasteiger partial charge in [0.1, 0.15) is 0 Å². The van der Waals surface area contributed by atoms with Crippen LogP contribution in [0.4, 0.5) is 0 Å². The Kier molecular flexibility index (Phi) is 4.60. The van der Waals surface area contributed by atoms with E-state index >= 15 is 0 Å². The molecule has 0 unspecified atom stereocenters. The molecule has 1 radical (unpaired) electrons. The molecule has 0 aromatic carbocycles. The first kappa shape index (κ1) is 9.05. The fraction of sp³-hybridized carbons (Fsp3) is 0.900. The van der Waals surface area contributed by atoms with E-state index in [1.54, 1.807) is 0 Å². The van der Waals surface area contributed by atoms with Crippen LogP contribution in [-0.4, -0.2) is 6.10 Å². The molecule has 1 nitrogen and oxygen atoms in total. The molecule has 0 saturated heterocycles. The first-order chi connectivity index (χ1) is 5.43. The lowest BCUT2D eigenvalue weighted by atomic mass is 10.2. The Morgan fingerprint density at radius 2 is 2.09 bits per heavy atom. The van der Waals surface area contributed by atoms with Gasteiger partial charge in [-0.05, 0) is 19.3 Å². The van der Waals surface area contributed by atoms with Crippen LogP contribution in [0.1, 0.15) is 51.9 Å². The van der Waals surface area contributed by atoms with E-state index in [9.17, 15) is 0 Å². The van der Waals surface area contributed by atoms with Gasteiger partial charge in [-0.15, -0.1) is 0 Å². The Morgan fingerprint density at radius 3 is 2.73 bits per heavy atom. The Bertz CT molecular complexity index is 84.9. The maximum atomic E-state index is 5.58. The second kappa shape index (κ2) is 5.59. The Hall–Kier alpha value is -0.0400. The average molecular weight is 155 g/mol. The minimum Gasteiger partial charge on any atom is -0.372 e. The van der Waals surface area contributed by atoms with Gasteiger partial charge >= 0.3 is 0 Å². The van der Waals surface area contributed by atoms with Crippen molar-refractivity contribution >= 4 is 0 Å². The van der Waals surface area contributed by atoms with Crippen LogP contribution in [0, 0.1) is 6.61 Å². The number of hydrogen-bond acceptors (Lipinski definition) is 1. The molecule has 0 heterocycles. The highest BCUT2D eigenvalue weighted by atomic mass is 16.5. The van der Waals surface area contributed by atoms with Gasteiger partial charge in [-0.2, -0.15) is 0 Å². The number of hydrogen-bond donors (Lipinski definition) is 0. The Morgan fingerprint density at radius 1 is 1.36 bits per heavy atom. The fourth-order valence-corrected chi connectivity index (χ4v) is 1.52. The van der Waals surface area contributed by atoms with Crippen molar-refractivity contribution in [1.82, 2.24) is 0 Å². The third kappa shape index (κ3) is 3.76. The van der Waals surface area contributed by atoms with Gasteiger partial charge in [0.2, 0.25) is 0 Å². The fourth-order valence-electron chi connectivity index (χ4n) is 1.52. The Labute approximate surface area is 70.1 Å². The standard InChI is InChI=1S/C10H19O/c1-2-3-6-9-11-10-7-4-5-8-10/h9-10H,2-8H2,1H3. The summed E-state index contributed by atoms with van der Waals surface area (Å²) in [7, 11) is 0. The highest BCUT2D eigenvalue weighted by Crippen LogP contribution is 2.21. The molecule has 1 heteroatoms. The van der Waals surface area contributed by atoms with Crippen LogP contribution >= 0.6 is 0 Å². The summed E-state index contributed by atoms with van der Waals surface area (Å²) in [5.41, 5.74) is 0. The van der Waals surface area contributed by atoms with Crippen molar-refractivity contribution in [3.05, 3.63) is 6.61 Å². The topological polar surface area (TPSA) is 9.23 Å². The summed E-state index contributed by atoms with van der Waals surface area (Å²) < 4.78 is 5.58. The lowest BCUT2D eigenvalue weighted by Gasteiger charge is -2.09. The average Bonchev–Trinajstić information content (AvgIpc) is 2.50. The molecule has 1 saturated carbocycles. The van der Waals surface area contributed by atoms with E-state index in [-0.39, 0.29) is 0 Å². The molecule has 0 amide bonds. The van der Waals surface area contributed by atoms with Gasteiger partial charge in [0, 0.05) is 0 Å². The van der Waals surface area contributed by atoms with Crippen molar-refractivity contribution < 1.29 is 4.74 Å². The third-order valence-corrected chi connectivity index (χ3v) is 2.27. The van der Waals surface area contributed by atoms with Crippen LogP contribution in [-0.2, 0) is 4.74 Å². The van der Waals surface area contributed by atoms with E-state index in [1.807, 2.05) is 6.61 Å². The van der Waals surface area contributed by atoms with Gasteiger partial charge in [-0.3, -0.25) is 0 Å². The summed E-state index contributed by atoms with van der Waals surface area (Å²) in [5, 5.41) is 0. The largest absolute Gasteiger partial charge is 0.372 e. The molecule has 0 N–H and O–H groups in total. The van der Waals surface area contributed by atoms with Gasteiger partial charge in [-0.25, -0.2) is 0 Å². The molecule has 1 fully saturated rings. The lowest BCUT2D eigenvalue weighted by molar-refractivity contribution is 0.105. The molecular weight excluding hydrogens is 136 g/mol. The van der Waals surface area contributed by atoms with Gasteiger partial charge in [-0.1, -0.05) is 32.6 Å². The third-order valence-electron chi connectivity index (χ3n) is 2.27. The first-order valence-electron chi connectivity index (χ1n) is 4.90. The van der Waals surface area contributed by atoms with E-state index in [1.165, 1.54) is 38.5 Å². The quantitative estimate of drug-likeness (QED) is 0.553. The van der Waals surface area contributed by atoms with Crippen molar-refractivity contribution in [3.63, 3.8) is 0 Å². The highest BCUT2D eigenvalue weighted by Gasteiger charge is 2.14. The molecule has 0 atom stereocenters. The molecule has 0 aliphatic heterocycles. The molecule has 0 spiro atoms. The predicted octanol–water partition coefficient (Wildman–Crippen LogP) is 3.30. The van der Waals surface area contributed by atoms with E-state index in [0.29, 0.717) is 6.10 Å². The van der Waals surface area contributed by atoms with E-state index in [4.69, 9.17) is 4.74 Å². The second-order valence-electron chi connectivity index (χ2n) is 3.35. The summed E-state index contributed by atoms with van der Waals surface area (Å²) in [6.45, 7) is 4.23. The minimum absolute atomic E-state index is 0.562. The molecule has 11 heavy (non-hydrogen) atoms. The molecular formula is C10H19O. The summed E-state index contributed by atoms with van der Waals surface area (Å²) in [4.78, 5) is 0. The number of ether oxygens (including phenoxy) is 1. The molecule has 0 aromatic heterocycles. The first-order valence-corrected chi connectivity index (χ1v) is 4.90. The van der Waals surface area contributed by atoms with Crippen LogP contribution in [0.5, 0.6) is 0 Å². The second-order valence-corrected chi connectivity index (χ2v) is 3.35. The number of rotatable bonds is 5. The predicted molar refractivity (Wildman–Crippen MR) is 47.2 cm³/mol. The molecule has 1 aliphatic rings. The van der Waals surface area contributed by atoms with Crippen LogP contribution in [0.25, 0.3) is 0 Å². The zero-order valence-corrected chi connectivity index (χ0v) is 7.51. The highest BCUT2D eigenvalue weighted by molar-refractivity contribution is 4.68. The summed E-state index contributed by atoms with van der Waals surface area (Å²) in [6, 6.07) is 0. The van der Waals surface area contributed by atoms with Gasteiger partial charge in [0.25, 0.3) is 0 Å². The molecule has 1 rings (SSSR count). The summed E-state index contributed by atoms with van der Waals surface area (Å²) in [6.07, 6.45) is 9.53. The molecule has 0 aromatic rings. The van der Waals surface area contributed by atoms with Crippen molar-refractivity contribution in [3.8, 4) is 0 Å². The smallest absolute Gasteiger partial charge is 0.0840 e. The SMILES string of the molecule is CCCC[CH]OC1CCCC1. The van der Waals surface area contributed by atoms with Crippen LogP contribution < -0.4 is 0 Å². The zero-order chi connectivity index (χ0) is 7.94. The van der Waals surface area contributed by atoms with E-state index < -0.39 is 0 Å². The monoisotopic (exact) mass is 155 g/mol. The minimum atomic E-state index is 0.562. The van der Waals surface area contributed by atoms with Crippen molar-refractivity contribution in [2.24, 2.45) is 0 Å². The van der Waals surface area contributed by atoms with Gasteiger partial charge in [0.05, 0.1) is 12.7 Å². The maximum absolute atomic E-state index is 5.58.